The molecule has 0 atom stereocenters. The second-order valence-electron chi connectivity index (χ2n) is 8.82. The highest BCUT2D eigenvalue weighted by molar-refractivity contribution is 6.30. The predicted molar refractivity (Wildman–Crippen MR) is 156 cm³/mol. The van der Waals surface area contributed by atoms with E-state index in [2.05, 4.69) is 17.5 Å². The highest BCUT2D eigenvalue weighted by Gasteiger charge is 2.09. The van der Waals surface area contributed by atoms with Gasteiger partial charge in [0.2, 0.25) is 0 Å². The van der Waals surface area contributed by atoms with E-state index in [9.17, 15) is 9.59 Å². The van der Waals surface area contributed by atoms with E-state index in [1.54, 1.807) is 72.8 Å². The lowest BCUT2D eigenvalue weighted by molar-refractivity contribution is 0.0734. The molecule has 0 radical (unpaired) electrons. The van der Waals surface area contributed by atoms with Crippen LogP contribution in [0.4, 0.5) is 0 Å². The van der Waals surface area contributed by atoms with Gasteiger partial charge in [-0.1, -0.05) is 37.1 Å². The molecule has 1 N–H and O–H groups in total. The van der Waals surface area contributed by atoms with Crippen molar-refractivity contribution in [2.45, 2.75) is 26.4 Å². The quantitative estimate of drug-likeness (QED) is 0.0662. The Balaban J connectivity index is 1.22. The molecule has 0 heterocycles. The first-order chi connectivity index (χ1) is 19.5. The number of unbranched alkanes of at least 4 members (excludes halogenated alkanes) is 1. The Hall–Kier alpha value is -4.62. The average Bonchev–Trinajstić information content (AvgIpc) is 2.98. The number of hydrazone groups is 1. The molecule has 4 aromatic carbocycles. The van der Waals surface area contributed by atoms with Gasteiger partial charge < -0.3 is 14.2 Å². The van der Waals surface area contributed by atoms with Gasteiger partial charge in [-0.15, -0.1) is 0 Å². The van der Waals surface area contributed by atoms with Gasteiger partial charge in [0.15, 0.2) is 0 Å². The van der Waals surface area contributed by atoms with Gasteiger partial charge in [0, 0.05) is 10.6 Å². The molecular weight excluding hydrogens is 528 g/mol. The third-order valence-corrected chi connectivity index (χ3v) is 6.01. The number of rotatable bonds is 12. The van der Waals surface area contributed by atoms with Crippen LogP contribution in [0.3, 0.4) is 0 Å². The molecular formula is C32H29ClN2O5. The van der Waals surface area contributed by atoms with Crippen molar-refractivity contribution in [2.24, 2.45) is 5.10 Å². The van der Waals surface area contributed by atoms with E-state index in [1.165, 1.54) is 6.21 Å². The molecule has 0 bridgehead atoms. The van der Waals surface area contributed by atoms with E-state index >= 15 is 0 Å². The van der Waals surface area contributed by atoms with Gasteiger partial charge in [0.1, 0.15) is 23.9 Å². The van der Waals surface area contributed by atoms with Gasteiger partial charge in [0.05, 0.1) is 18.4 Å². The molecule has 4 aromatic rings. The molecule has 0 saturated carbocycles. The Kier molecular flexibility index (Phi) is 10.3. The summed E-state index contributed by atoms with van der Waals surface area (Å²) < 4.78 is 16.8. The Morgan fingerprint density at radius 3 is 2.02 bits per heavy atom. The summed E-state index contributed by atoms with van der Waals surface area (Å²) in [6.45, 7) is 3.14. The van der Waals surface area contributed by atoms with Crippen LogP contribution in [-0.2, 0) is 6.61 Å². The third-order valence-electron chi connectivity index (χ3n) is 5.76. The molecule has 0 unspecified atom stereocenters. The number of ether oxygens (including phenoxy) is 3. The number of benzene rings is 4. The molecule has 8 heteroatoms. The molecule has 40 heavy (non-hydrogen) atoms. The van der Waals surface area contributed by atoms with Crippen molar-refractivity contribution in [3.63, 3.8) is 0 Å². The molecule has 0 spiro atoms. The van der Waals surface area contributed by atoms with Gasteiger partial charge in [-0.05, 0) is 102 Å². The summed E-state index contributed by atoms with van der Waals surface area (Å²) in [5.74, 6) is 0.942. The zero-order valence-electron chi connectivity index (χ0n) is 22.0. The fraction of sp³-hybridized carbons (Fsp3) is 0.156. The number of nitrogens with zero attached hydrogens (tertiary/aromatic N) is 1. The van der Waals surface area contributed by atoms with E-state index in [4.69, 9.17) is 25.8 Å². The largest absolute Gasteiger partial charge is 0.494 e. The Morgan fingerprint density at radius 2 is 1.38 bits per heavy atom. The van der Waals surface area contributed by atoms with Crippen molar-refractivity contribution in [2.75, 3.05) is 6.61 Å². The molecule has 4 rings (SSSR count). The number of hydrogen-bond donors (Lipinski definition) is 1. The van der Waals surface area contributed by atoms with Crippen LogP contribution in [0.1, 0.15) is 51.6 Å². The van der Waals surface area contributed by atoms with Gasteiger partial charge in [-0.2, -0.15) is 5.10 Å². The first-order valence-corrected chi connectivity index (χ1v) is 13.2. The number of nitrogens with one attached hydrogen (secondary N) is 1. The molecule has 0 aromatic heterocycles. The summed E-state index contributed by atoms with van der Waals surface area (Å²) in [5, 5.41) is 4.68. The molecule has 1 amide bonds. The smallest absolute Gasteiger partial charge is 0.343 e. The van der Waals surface area contributed by atoms with E-state index in [0.29, 0.717) is 40.9 Å². The minimum absolute atomic E-state index is 0.354. The van der Waals surface area contributed by atoms with Crippen LogP contribution in [0, 0.1) is 0 Å². The van der Waals surface area contributed by atoms with Crippen molar-refractivity contribution in [3.05, 3.63) is 124 Å². The normalized spacial score (nSPS) is 10.8. The van der Waals surface area contributed by atoms with Crippen LogP contribution in [0.15, 0.2) is 102 Å². The van der Waals surface area contributed by atoms with Crippen LogP contribution in [0.5, 0.6) is 17.2 Å². The lowest BCUT2D eigenvalue weighted by Gasteiger charge is -2.07. The first-order valence-electron chi connectivity index (χ1n) is 12.9. The van der Waals surface area contributed by atoms with E-state index in [-0.39, 0.29) is 5.91 Å². The molecule has 0 saturated heterocycles. The highest BCUT2D eigenvalue weighted by atomic mass is 35.5. The second kappa shape index (κ2) is 14.5. The van der Waals surface area contributed by atoms with Crippen molar-refractivity contribution < 1.29 is 23.8 Å². The van der Waals surface area contributed by atoms with Crippen molar-refractivity contribution in [1.82, 2.24) is 5.43 Å². The van der Waals surface area contributed by atoms with Gasteiger partial charge >= 0.3 is 5.97 Å². The van der Waals surface area contributed by atoms with Gasteiger partial charge in [-0.3, -0.25) is 4.79 Å². The maximum atomic E-state index is 12.4. The van der Waals surface area contributed by atoms with Crippen LogP contribution in [-0.4, -0.2) is 24.7 Å². The predicted octanol–water partition coefficient (Wildman–Crippen LogP) is 7.08. The van der Waals surface area contributed by atoms with Crippen molar-refractivity contribution in [3.8, 4) is 17.2 Å². The highest BCUT2D eigenvalue weighted by Crippen LogP contribution is 2.18. The van der Waals surface area contributed by atoms with E-state index < -0.39 is 5.97 Å². The number of esters is 1. The number of halogens is 1. The summed E-state index contributed by atoms with van der Waals surface area (Å²) in [4.78, 5) is 24.8. The van der Waals surface area contributed by atoms with Crippen LogP contribution < -0.4 is 19.6 Å². The number of carbonyl (C=O) groups is 2. The summed E-state index contributed by atoms with van der Waals surface area (Å²) in [7, 11) is 0. The first kappa shape index (κ1) is 28.4. The maximum Gasteiger partial charge on any atom is 0.343 e. The van der Waals surface area contributed by atoms with Crippen LogP contribution in [0.2, 0.25) is 5.02 Å². The lowest BCUT2D eigenvalue weighted by Crippen LogP contribution is -2.17. The SMILES string of the molecule is CCCCOc1ccc(C(=O)Oc2ccc(/C=N\NC(=O)c3ccc(OCc4ccc(Cl)cc4)cc3)cc2)cc1. The fourth-order valence-electron chi connectivity index (χ4n) is 3.49. The molecule has 0 aliphatic heterocycles. The third kappa shape index (κ3) is 8.71. The Bertz CT molecular complexity index is 1420. The molecule has 0 fully saturated rings. The number of amides is 1. The summed E-state index contributed by atoms with van der Waals surface area (Å²) in [6.07, 6.45) is 3.54. The van der Waals surface area contributed by atoms with E-state index in [0.717, 1.165) is 29.7 Å². The average molecular weight is 557 g/mol. The number of carbonyl (C=O) groups excluding carboxylic acids is 2. The Morgan fingerprint density at radius 1 is 0.775 bits per heavy atom. The van der Waals surface area contributed by atoms with Gasteiger partial charge in [-0.25, -0.2) is 10.2 Å². The summed E-state index contributed by atoms with van der Waals surface area (Å²) >= 11 is 5.90. The standard InChI is InChI=1S/C32H29ClN2O5/c1-2-3-20-38-28-18-10-26(11-19-28)32(37)40-30-14-6-23(7-15-30)21-34-35-31(36)25-8-16-29(17-9-25)39-22-24-4-12-27(33)13-5-24/h4-19,21H,2-3,20,22H2,1H3,(H,35,36)/b34-21-. The van der Waals surface area contributed by atoms with Crippen LogP contribution in [0.25, 0.3) is 0 Å². The summed E-state index contributed by atoms with van der Waals surface area (Å²) in [5.41, 5.74) is 5.08. The zero-order chi connectivity index (χ0) is 28.2. The zero-order valence-corrected chi connectivity index (χ0v) is 22.8. The monoisotopic (exact) mass is 556 g/mol. The molecule has 7 nitrogen and oxygen atoms in total. The molecule has 0 aliphatic rings. The topological polar surface area (TPSA) is 86.2 Å². The van der Waals surface area contributed by atoms with Crippen molar-refractivity contribution in [1.29, 1.82) is 0 Å². The minimum Gasteiger partial charge on any atom is -0.494 e. The van der Waals surface area contributed by atoms with Gasteiger partial charge in [0.25, 0.3) is 5.91 Å². The van der Waals surface area contributed by atoms with Crippen LogP contribution >= 0.6 is 11.6 Å². The number of hydrogen-bond acceptors (Lipinski definition) is 6. The minimum atomic E-state index is -0.463. The molecule has 0 aliphatic carbocycles. The lowest BCUT2D eigenvalue weighted by atomic mass is 10.2. The molecule has 204 valence electrons. The second-order valence-corrected chi connectivity index (χ2v) is 9.26. The maximum absolute atomic E-state index is 12.4. The summed E-state index contributed by atoms with van der Waals surface area (Å²) in [6, 6.07) is 27.8. The Labute approximate surface area is 238 Å². The fourth-order valence-corrected chi connectivity index (χ4v) is 3.62. The van der Waals surface area contributed by atoms with E-state index in [1.807, 2.05) is 24.3 Å². The van der Waals surface area contributed by atoms with Crippen molar-refractivity contribution >= 4 is 29.7 Å².